The summed E-state index contributed by atoms with van der Waals surface area (Å²) >= 11 is 0. The minimum absolute atomic E-state index is 0.0865. The topological polar surface area (TPSA) is 74.6 Å². The highest BCUT2D eigenvalue weighted by atomic mass is 19.3. The van der Waals surface area contributed by atoms with Crippen molar-refractivity contribution < 1.29 is 27.8 Å². The molecule has 3 aliphatic heterocycles. The van der Waals surface area contributed by atoms with Crippen LogP contribution in [-0.4, -0.2) is 54.1 Å². The maximum atomic E-state index is 12.7. The summed E-state index contributed by atoms with van der Waals surface area (Å²) in [5.41, 5.74) is 1.69. The fraction of sp³-hybridized carbons (Fsp3) is 0.565. The average molecular weight is 447 g/mol. The van der Waals surface area contributed by atoms with Crippen molar-refractivity contribution in [2.24, 2.45) is 5.92 Å². The maximum Gasteiger partial charge on any atom is 0.272 e. The first kappa shape index (κ1) is 21.2. The number of carbonyl (C=O) groups excluding carboxylic acids is 1. The number of carbonyl (C=O) groups is 1. The summed E-state index contributed by atoms with van der Waals surface area (Å²) in [5.74, 6) is 1.61. The van der Waals surface area contributed by atoms with Crippen molar-refractivity contribution in [2.75, 3.05) is 19.8 Å². The van der Waals surface area contributed by atoms with E-state index in [0.717, 1.165) is 38.0 Å². The van der Waals surface area contributed by atoms with E-state index in [1.807, 2.05) is 0 Å². The molecule has 2 aromatic rings. The van der Waals surface area contributed by atoms with E-state index in [0.29, 0.717) is 48.4 Å². The number of fused-ring (bicyclic) bond motifs is 2. The fourth-order valence-electron chi connectivity index (χ4n) is 4.72. The van der Waals surface area contributed by atoms with Crippen LogP contribution in [0.5, 0.6) is 11.6 Å². The Morgan fingerprint density at radius 3 is 2.88 bits per heavy atom. The zero-order chi connectivity index (χ0) is 22.1. The summed E-state index contributed by atoms with van der Waals surface area (Å²) in [6.45, 7) is 2.60. The van der Waals surface area contributed by atoms with Gasteiger partial charge in [0.15, 0.2) is 5.69 Å². The quantitative estimate of drug-likeness (QED) is 0.737. The summed E-state index contributed by atoms with van der Waals surface area (Å²) in [6, 6.07) is 6.54. The van der Waals surface area contributed by atoms with Gasteiger partial charge >= 0.3 is 0 Å². The van der Waals surface area contributed by atoms with Crippen LogP contribution in [0.15, 0.2) is 24.3 Å². The normalized spacial score (nSPS) is 22.7. The van der Waals surface area contributed by atoms with Gasteiger partial charge in [-0.05, 0) is 48.8 Å². The van der Waals surface area contributed by atoms with Crippen molar-refractivity contribution in [1.29, 1.82) is 0 Å². The molecule has 1 N–H and O–H groups in total. The number of hydrogen-bond acceptors (Lipinski definition) is 5. The molecule has 1 aromatic carbocycles. The Kier molecular flexibility index (Phi) is 5.99. The number of aromatic nitrogens is 2. The third-order valence-corrected chi connectivity index (χ3v) is 6.33. The molecule has 1 amide bonds. The van der Waals surface area contributed by atoms with Gasteiger partial charge < -0.3 is 19.5 Å². The monoisotopic (exact) mass is 447 g/mol. The number of hydrogen-bond donors (Lipinski definition) is 1. The van der Waals surface area contributed by atoms with Crippen LogP contribution in [0.4, 0.5) is 8.78 Å². The van der Waals surface area contributed by atoms with Gasteiger partial charge in [0.2, 0.25) is 12.3 Å². The SMILES string of the molecule is O=C(N[C@H]1COc2ccc(CC(F)F)cc2C1)c1cc2n(n1)CC(CC1CCOCC1)O2. The van der Waals surface area contributed by atoms with Crippen LogP contribution >= 0.6 is 0 Å². The van der Waals surface area contributed by atoms with Crippen molar-refractivity contribution >= 4 is 5.91 Å². The summed E-state index contributed by atoms with van der Waals surface area (Å²) < 4.78 is 44.3. The first-order valence-corrected chi connectivity index (χ1v) is 11.2. The molecule has 0 aliphatic carbocycles. The van der Waals surface area contributed by atoms with E-state index in [9.17, 15) is 13.6 Å². The standard InChI is InChI=1S/C23H27F2N3O4/c24-21(25)9-15-1-2-20-16(7-15)10-17(13-31-20)26-23(29)19-11-22-28(27-19)12-18(32-22)8-14-3-5-30-6-4-14/h1-2,7,11,14,17-18,21H,3-6,8-10,12-13H2,(H,26,29)/t17-,18?/m1/s1. The molecule has 0 spiro atoms. The average Bonchev–Trinajstić information content (AvgIpc) is 3.32. The van der Waals surface area contributed by atoms with Gasteiger partial charge in [-0.2, -0.15) is 5.10 Å². The minimum atomic E-state index is -2.39. The molecule has 0 radical (unpaired) electrons. The lowest BCUT2D eigenvalue weighted by Gasteiger charge is -2.26. The van der Waals surface area contributed by atoms with E-state index in [1.54, 1.807) is 28.9 Å². The van der Waals surface area contributed by atoms with Crippen LogP contribution < -0.4 is 14.8 Å². The third kappa shape index (κ3) is 4.72. The Hall–Kier alpha value is -2.68. The van der Waals surface area contributed by atoms with Crippen LogP contribution in [0.2, 0.25) is 0 Å². The second-order valence-corrected chi connectivity index (χ2v) is 8.80. The molecule has 0 bridgehead atoms. The van der Waals surface area contributed by atoms with Gasteiger partial charge in [-0.3, -0.25) is 4.79 Å². The van der Waals surface area contributed by atoms with Gasteiger partial charge in [0.1, 0.15) is 18.5 Å². The zero-order valence-electron chi connectivity index (χ0n) is 17.8. The van der Waals surface area contributed by atoms with Gasteiger partial charge in [0.05, 0.1) is 12.6 Å². The Morgan fingerprint density at radius 2 is 2.09 bits per heavy atom. The fourth-order valence-corrected chi connectivity index (χ4v) is 4.72. The molecular formula is C23H27F2N3O4. The number of benzene rings is 1. The number of halogens is 2. The van der Waals surface area contributed by atoms with Crippen molar-refractivity contribution in [3.63, 3.8) is 0 Å². The predicted octanol–water partition coefficient (Wildman–Crippen LogP) is 3.00. The van der Waals surface area contributed by atoms with Gasteiger partial charge in [-0.15, -0.1) is 0 Å². The Bertz CT molecular complexity index is 951. The molecule has 1 aromatic heterocycles. The Balaban J connectivity index is 1.16. The summed E-state index contributed by atoms with van der Waals surface area (Å²) in [7, 11) is 0. The van der Waals surface area contributed by atoms with E-state index in [1.165, 1.54) is 0 Å². The highest BCUT2D eigenvalue weighted by molar-refractivity contribution is 5.92. The van der Waals surface area contributed by atoms with Crippen LogP contribution in [-0.2, 0) is 24.1 Å². The highest BCUT2D eigenvalue weighted by Crippen LogP contribution is 2.30. The van der Waals surface area contributed by atoms with Crippen LogP contribution in [0, 0.1) is 5.92 Å². The number of nitrogens with zero attached hydrogens (tertiary/aromatic N) is 2. The first-order chi connectivity index (χ1) is 15.5. The van der Waals surface area contributed by atoms with Crippen molar-refractivity contribution in [3.8, 4) is 11.6 Å². The molecule has 7 nitrogen and oxygen atoms in total. The number of ether oxygens (including phenoxy) is 3. The van der Waals surface area contributed by atoms with Crippen molar-refractivity contribution in [2.45, 2.75) is 57.2 Å². The van der Waals surface area contributed by atoms with E-state index in [4.69, 9.17) is 14.2 Å². The van der Waals surface area contributed by atoms with E-state index in [2.05, 4.69) is 10.4 Å². The van der Waals surface area contributed by atoms with Crippen molar-refractivity contribution in [3.05, 3.63) is 41.1 Å². The summed E-state index contributed by atoms with van der Waals surface area (Å²) in [4.78, 5) is 12.7. The number of amides is 1. The lowest BCUT2D eigenvalue weighted by molar-refractivity contribution is 0.0507. The zero-order valence-corrected chi connectivity index (χ0v) is 17.8. The lowest BCUT2D eigenvalue weighted by Crippen LogP contribution is -2.43. The smallest absolute Gasteiger partial charge is 0.272 e. The molecule has 1 fully saturated rings. The Morgan fingerprint density at radius 1 is 1.25 bits per heavy atom. The van der Waals surface area contributed by atoms with Crippen LogP contribution in [0.3, 0.4) is 0 Å². The summed E-state index contributed by atoms with van der Waals surface area (Å²) in [5, 5.41) is 7.37. The molecule has 5 rings (SSSR count). The third-order valence-electron chi connectivity index (χ3n) is 6.33. The number of rotatable bonds is 6. The van der Waals surface area contributed by atoms with Crippen LogP contribution in [0.25, 0.3) is 0 Å². The van der Waals surface area contributed by atoms with E-state index < -0.39 is 6.43 Å². The van der Waals surface area contributed by atoms with Gasteiger partial charge in [0, 0.05) is 25.7 Å². The van der Waals surface area contributed by atoms with Gasteiger partial charge in [-0.1, -0.05) is 12.1 Å². The molecule has 0 saturated carbocycles. The summed E-state index contributed by atoms with van der Waals surface area (Å²) in [6.07, 6.45) is 1.02. The highest BCUT2D eigenvalue weighted by Gasteiger charge is 2.30. The lowest BCUT2D eigenvalue weighted by atomic mass is 9.94. The molecule has 9 heteroatoms. The maximum absolute atomic E-state index is 12.7. The molecular weight excluding hydrogens is 420 g/mol. The van der Waals surface area contributed by atoms with Crippen molar-refractivity contribution in [1.82, 2.24) is 15.1 Å². The predicted molar refractivity (Wildman–Crippen MR) is 111 cm³/mol. The molecule has 3 aliphatic rings. The Labute approximate surface area is 185 Å². The molecule has 172 valence electrons. The van der Waals surface area contributed by atoms with E-state index >= 15 is 0 Å². The van der Waals surface area contributed by atoms with Crippen LogP contribution in [0.1, 0.15) is 40.9 Å². The minimum Gasteiger partial charge on any atom is -0.491 e. The molecule has 1 unspecified atom stereocenters. The largest absolute Gasteiger partial charge is 0.491 e. The van der Waals surface area contributed by atoms with Gasteiger partial charge in [-0.25, -0.2) is 13.5 Å². The number of nitrogens with one attached hydrogen (secondary N) is 1. The molecule has 32 heavy (non-hydrogen) atoms. The molecule has 1 saturated heterocycles. The second-order valence-electron chi connectivity index (χ2n) is 8.80. The van der Waals surface area contributed by atoms with E-state index in [-0.39, 0.29) is 24.5 Å². The molecule has 4 heterocycles. The number of alkyl halides is 2. The molecule has 2 atom stereocenters. The second kappa shape index (κ2) is 9.05. The van der Waals surface area contributed by atoms with Gasteiger partial charge in [0.25, 0.3) is 5.91 Å². The first-order valence-electron chi connectivity index (χ1n) is 11.2.